The molecule has 0 saturated carbocycles. The number of rotatable bonds is 4. The number of aliphatic hydroxyl groups excluding tert-OH is 1. The Kier molecular flexibility index (Phi) is 3.94. The van der Waals surface area contributed by atoms with Crippen molar-refractivity contribution in [2.24, 2.45) is 5.41 Å². The first-order valence-electron chi connectivity index (χ1n) is 5.28. The third kappa shape index (κ3) is 3.08. The molecule has 0 aromatic carbocycles. The Hall–Kier alpha value is -0.800. The molecule has 0 radical (unpaired) electrons. The van der Waals surface area contributed by atoms with Gasteiger partial charge >= 0.3 is 0 Å². The molecule has 2 atom stereocenters. The summed E-state index contributed by atoms with van der Waals surface area (Å²) in [5.74, 6) is 0. The summed E-state index contributed by atoms with van der Waals surface area (Å²) in [6.07, 6.45) is 2.26. The molecular weight excluding hydrogens is 192 g/mol. The molecule has 0 bridgehead atoms. The van der Waals surface area contributed by atoms with Crippen LogP contribution in [0.5, 0.6) is 0 Å². The van der Waals surface area contributed by atoms with Gasteiger partial charge in [-0.05, 0) is 18.4 Å². The topological polar surface area (TPSA) is 42.6 Å². The summed E-state index contributed by atoms with van der Waals surface area (Å²) in [4.78, 5) is 0. The van der Waals surface area contributed by atoms with Gasteiger partial charge in [-0.2, -0.15) is 0 Å². The maximum Gasteiger partial charge on any atom is 0.109 e. The summed E-state index contributed by atoms with van der Waals surface area (Å²) < 4.78 is 10.6. The smallest absolute Gasteiger partial charge is 0.109 e. The minimum Gasteiger partial charge on any atom is -0.472 e. The van der Waals surface area contributed by atoms with Crippen molar-refractivity contribution in [3.63, 3.8) is 0 Å². The number of hydrogen-bond donors (Lipinski definition) is 1. The Labute approximate surface area is 91.1 Å². The van der Waals surface area contributed by atoms with Crippen molar-refractivity contribution < 1.29 is 14.3 Å². The Balaban J connectivity index is 2.81. The highest BCUT2D eigenvalue weighted by molar-refractivity contribution is 5.12. The summed E-state index contributed by atoms with van der Waals surface area (Å²) in [5, 5.41) is 10.2. The minimum atomic E-state index is -0.635. The first-order chi connectivity index (χ1) is 6.96. The predicted molar refractivity (Wildman–Crippen MR) is 58.5 cm³/mol. The molecule has 1 rings (SSSR count). The molecule has 0 spiro atoms. The van der Waals surface area contributed by atoms with Crippen LogP contribution in [0.3, 0.4) is 0 Å². The first kappa shape index (κ1) is 12.3. The van der Waals surface area contributed by atoms with Crippen LogP contribution in [-0.2, 0) is 4.74 Å². The Morgan fingerprint density at radius 3 is 2.53 bits per heavy atom. The summed E-state index contributed by atoms with van der Waals surface area (Å²) >= 11 is 0. The van der Waals surface area contributed by atoms with E-state index in [1.165, 1.54) is 0 Å². The monoisotopic (exact) mass is 212 g/mol. The number of aliphatic hydroxyl groups is 1. The second kappa shape index (κ2) is 4.81. The van der Waals surface area contributed by atoms with E-state index < -0.39 is 6.10 Å². The van der Waals surface area contributed by atoms with Crippen LogP contribution in [0.2, 0.25) is 0 Å². The molecule has 1 heterocycles. The van der Waals surface area contributed by atoms with Gasteiger partial charge in [0.2, 0.25) is 0 Å². The van der Waals surface area contributed by atoms with E-state index in [2.05, 4.69) is 20.8 Å². The molecular formula is C12H20O3. The molecule has 3 nitrogen and oxygen atoms in total. The molecule has 0 fully saturated rings. The summed E-state index contributed by atoms with van der Waals surface area (Å²) in [6.45, 7) is 8.68. The van der Waals surface area contributed by atoms with Crippen molar-refractivity contribution in [1.29, 1.82) is 0 Å². The highest BCUT2D eigenvalue weighted by Gasteiger charge is 2.33. The lowest BCUT2D eigenvalue weighted by Crippen LogP contribution is -2.35. The molecule has 2 unspecified atom stereocenters. The summed E-state index contributed by atoms with van der Waals surface area (Å²) in [5.41, 5.74) is 0.663. The average molecular weight is 212 g/mol. The molecule has 0 aliphatic carbocycles. The van der Waals surface area contributed by atoms with E-state index in [0.717, 1.165) is 5.56 Å². The average Bonchev–Trinajstić information content (AvgIpc) is 2.63. The standard InChI is InChI=1S/C12H20O3/c1-5-15-11(12(2,3)4)10(13)9-6-7-14-8-9/h6-8,10-11,13H,5H2,1-4H3. The van der Waals surface area contributed by atoms with Crippen LogP contribution in [0.1, 0.15) is 39.4 Å². The van der Waals surface area contributed by atoms with Crippen LogP contribution in [0, 0.1) is 5.41 Å². The van der Waals surface area contributed by atoms with E-state index in [4.69, 9.17) is 9.15 Å². The summed E-state index contributed by atoms with van der Waals surface area (Å²) in [6, 6.07) is 1.77. The highest BCUT2D eigenvalue weighted by atomic mass is 16.5. The second-order valence-corrected chi connectivity index (χ2v) is 4.74. The van der Waals surface area contributed by atoms with Crippen molar-refractivity contribution in [2.75, 3.05) is 6.61 Å². The van der Waals surface area contributed by atoms with Crippen LogP contribution in [0.25, 0.3) is 0 Å². The fourth-order valence-corrected chi connectivity index (χ4v) is 1.61. The van der Waals surface area contributed by atoms with Crippen molar-refractivity contribution >= 4 is 0 Å². The molecule has 0 aliphatic rings. The van der Waals surface area contributed by atoms with Crippen LogP contribution in [0.15, 0.2) is 23.0 Å². The zero-order valence-electron chi connectivity index (χ0n) is 9.86. The normalized spacial score (nSPS) is 16.3. The lowest BCUT2D eigenvalue weighted by Gasteiger charge is -2.33. The minimum absolute atomic E-state index is 0.104. The van der Waals surface area contributed by atoms with Crippen molar-refractivity contribution in [3.05, 3.63) is 24.2 Å². The zero-order valence-corrected chi connectivity index (χ0v) is 9.86. The van der Waals surface area contributed by atoms with Crippen molar-refractivity contribution in [3.8, 4) is 0 Å². The third-order valence-corrected chi connectivity index (χ3v) is 2.37. The Bertz CT molecular complexity index is 272. The zero-order chi connectivity index (χ0) is 11.5. The quantitative estimate of drug-likeness (QED) is 0.834. The molecule has 0 amide bonds. The van der Waals surface area contributed by atoms with Gasteiger partial charge in [0.05, 0.1) is 18.6 Å². The van der Waals surface area contributed by atoms with E-state index in [1.807, 2.05) is 6.92 Å². The predicted octanol–water partition coefficient (Wildman–Crippen LogP) is 2.76. The van der Waals surface area contributed by atoms with Gasteiger partial charge in [0.1, 0.15) is 6.10 Å². The molecule has 1 N–H and O–H groups in total. The molecule has 0 saturated heterocycles. The molecule has 86 valence electrons. The number of furan rings is 1. The van der Waals surface area contributed by atoms with E-state index >= 15 is 0 Å². The van der Waals surface area contributed by atoms with Gasteiger partial charge in [0.25, 0.3) is 0 Å². The fraction of sp³-hybridized carbons (Fsp3) is 0.667. The van der Waals surface area contributed by atoms with Crippen molar-refractivity contribution in [1.82, 2.24) is 0 Å². The van der Waals surface area contributed by atoms with Crippen LogP contribution in [-0.4, -0.2) is 17.8 Å². The van der Waals surface area contributed by atoms with Gasteiger partial charge in [0, 0.05) is 12.2 Å². The Morgan fingerprint density at radius 1 is 1.47 bits per heavy atom. The molecule has 1 aromatic heterocycles. The van der Waals surface area contributed by atoms with E-state index in [9.17, 15) is 5.11 Å². The van der Waals surface area contributed by atoms with Gasteiger partial charge in [-0.1, -0.05) is 20.8 Å². The van der Waals surface area contributed by atoms with Crippen LogP contribution >= 0.6 is 0 Å². The molecule has 1 aromatic rings. The van der Waals surface area contributed by atoms with Gasteiger partial charge in [-0.3, -0.25) is 0 Å². The second-order valence-electron chi connectivity index (χ2n) is 4.74. The van der Waals surface area contributed by atoms with Gasteiger partial charge in [0.15, 0.2) is 0 Å². The SMILES string of the molecule is CCOC(C(O)c1ccoc1)C(C)(C)C. The largest absolute Gasteiger partial charge is 0.472 e. The fourth-order valence-electron chi connectivity index (χ4n) is 1.61. The molecule has 0 aliphatic heterocycles. The lowest BCUT2D eigenvalue weighted by molar-refractivity contribution is -0.0900. The van der Waals surface area contributed by atoms with E-state index in [-0.39, 0.29) is 11.5 Å². The van der Waals surface area contributed by atoms with Gasteiger partial charge in [-0.25, -0.2) is 0 Å². The number of ether oxygens (including phenoxy) is 1. The molecule has 3 heteroatoms. The Morgan fingerprint density at radius 2 is 2.13 bits per heavy atom. The van der Waals surface area contributed by atoms with E-state index in [1.54, 1.807) is 18.6 Å². The van der Waals surface area contributed by atoms with Gasteiger partial charge < -0.3 is 14.3 Å². The maximum atomic E-state index is 10.2. The lowest BCUT2D eigenvalue weighted by atomic mass is 9.84. The third-order valence-electron chi connectivity index (χ3n) is 2.37. The van der Waals surface area contributed by atoms with Crippen molar-refractivity contribution in [2.45, 2.75) is 39.9 Å². The summed E-state index contributed by atoms with van der Waals surface area (Å²) in [7, 11) is 0. The number of hydrogen-bond acceptors (Lipinski definition) is 3. The highest BCUT2D eigenvalue weighted by Crippen LogP contribution is 2.32. The van der Waals surface area contributed by atoms with Gasteiger partial charge in [-0.15, -0.1) is 0 Å². The van der Waals surface area contributed by atoms with E-state index in [0.29, 0.717) is 6.61 Å². The van der Waals surface area contributed by atoms with Crippen LogP contribution < -0.4 is 0 Å². The van der Waals surface area contributed by atoms with Crippen LogP contribution in [0.4, 0.5) is 0 Å². The molecule has 15 heavy (non-hydrogen) atoms. The first-order valence-corrected chi connectivity index (χ1v) is 5.28. The maximum absolute atomic E-state index is 10.2.